The Morgan fingerprint density at radius 2 is 1.92 bits per heavy atom. The Balaban J connectivity index is 2.71. The van der Waals surface area contributed by atoms with Crippen LogP contribution < -0.4 is 0 Å². The third-order valence-corrected chi connectivity index (χ3v) is 2.28. The second-order valence-corrected chi connectivity index (χ2v) is 3.18. The fourth-order valence-electron chi connectivity index (χ4n) is 0.937. The van der Waals surface area contributed by atoms with E-state index in [1.54, 1.807) is 24.3 Å². The molecule has 0 aromatic heterocycles. The largest absolute Gasteiger partial charge is 0.389 e. The molecule has 1 N–H and O–H groups in total. The van der Waals surface area contributed by atoms with Gasteiger partial charge in [0, 0.05) is 5.33 Å². The minimum atomic E-state index is -1.30. The van der Waals surface area contributed by atoms with Crippen LogP contribution >= 0.6 is 15.9 Å². The van der Waals surface area contributed by atoms with Gasteiger partial charge >= 0.3 is 0 Å². The summed E-state index contributed by atoms with van der Waals surface area (Å²) in [7, 11) is 0. The van der Waals surface area contributed by atoms with Crippen molar-refractivity contribution < 1.29 is 9.50 Å². The zero-order chi connectivity index (χ0) is 8.97. The van der Waals surface area contributed by atoms with Crippen LogP contribution in [0, 0.1) is 0 Å². The van der Waals surface area contributed by atoms with Crippen LogP contribution in [-0.2, 0) is 0 Å². The summed E-state index contributed by atoms with van der Waals surface area (Å²) in [4.78, 5) is 0. The predicted molar refractivity (Wildman–Crippen MR) is 50.1 cm³/mol. The van der Waals surface area contributed by atoms with Gasteiger partial charge in [-0.05, 0) is 5.56 Å². The Morgan fingerprint density at radius 3 is 2.42 bits per heavy atom. The van der Waals surface area contributed by atoms with Crippen molar-refractivity contribution in [3.63, 3.8) is 0 Å². The van der Waals surface area contributed by atoms with Crippen molar-refractivity contribution in [1.29, 1.82) is 0 Å². The maximum absolute atomic E-state index is 13.2. The third kappa shape index (κ3) is 2.29. The van der Waals surface area contributed by atoms with Crippen LogP contribution in [0.5, 0.6) is 0 Å². The van der Waals surface area contributed by atoms with Crippen LogP contribution in [-0.4, -0.2) is 16.5 Å². The first-order chi connectivity index (χ1) is 5.75. The number of benzene rings is 1. The van der Waals surface area contributed by atoms with Gasteiger partial charge in [-0.2, -0.15) is 0 Å². The average molecular weight is 233 g/mol. The minimum Gasteiger partial charge on any atom is -0.389 e. The topological polar surface area (TPSA) is 20.2 Å². The number of alkyl halides is 2. The summed E-state index contributed by atoms with van der Waals surface area (Å²) in [5, 5.41) is 9.41. The monoisotopic (exact) mass is 232 g/mol. The van der Waals surface area contributed by atoms with E-state index in [0.29, 0.717) is 5.56 Å². The standard InChI is InChI=1S/C9H10BrFO/c10-6-8(12)9(11)7-4-2-1-3-5-7/h1-5,8-9,12H,6H2/t8-,9-/m1/s1. The van der Waals surface area contributed by atoms with Gasteiger partial charge < -0.3 is 5.11 Å². The first-order valence-corrected chi connectivity index (χ1v) is 4.81. The Hall–Kier alpha value is -0.410. The molecule has 66 valence electrons. The molecule has 0 bridgehead atoms. The lowest BCUT2D eigenvalue weighted by Gasteiger charge is -2.12. The van der Waals surface area contributed by atoms with Crippen molar-refractivity contribution in [3.8, 4) is 0 Å². The molecule has 0 unspecified atom stereocenters. The third-order valence-electron chi connectivity index (χ3n) is 1.61. The van der Waals surface area contributed by atoms with Crippen LogP contribution in [0.2, 0.25) is 0 Å². The highest BCUT2D eigenvalue weighted by atomic mass is 79.9. The number of rotatable bonds is 3. The molecule has 0 saturated carbocycles. The molecule has 0 aliphatic heterocycles. The van der Waals surface area contributed by atoms with Crippen LogP contribution in [0.25, 0.3) is 0 Å². The van der Waals surface area contributed by atoms with E-state index < -0.39 is 12.3 Å². The zero-order valence-corrected chi connectivity index (χ0v) is 8.04. The van der Waals surface area contributed by atoms with Gasteiger partial charge in [-0.15, -0.1) is 0 Å². The van der Waals surface area contributed by atoms with E-state index in [0.717, 1.165) is 0 Å². The zero-order valence-electron chi connectivity index (χ0n) is 6.45. The quantitative estimate of drug-likeness (QED) is 0.795. The molecule has 0 spiro atoms. The first-order valence-electron chi connectivity index (χ1n) is 3.68. The highest BCUT2D eigenvalue weighted by molar-refractivity contribution is 9.09. The Bertz CT molecular complexity index is 227. The van der Waals surface area contributed by atoms with Crippen molar-refractivity contribution in [2.75, 3.05) is 5.33 Å². The molecule has 0 radical (unpaired) electrons. The molecule has 1 nitrogen and oxygen atoms in total. The number of aliphatic hydroxyl groups is 1. The van der Waals surface area contributed by atoms with Gasteiger partial charge in [-0.1, -0.05) is 46.3 Å². The molecule has 2 atom stereocenters. The molecular weight excluding hydrogens is 223 g/mol. The lowest BCUT2D eigenvalue weighted by molar-refractivity contribution is 0.0981. The predicted octanol–water partition coefficient (Wildman–Crippen LogP) is 2.45. The summed E-state index contributed by atoms with van der Waals surface area (Å²) < 4.78 is 13.2. The van der Waals surface area contributed by atoms with Crippen LogP contribution in [0.15, 0.2) is 30.3 Å². The average Bonchev–Trinajstić information content (AvgIpc) is 2.17. The molecule has 0 amide bonds. The first kappa shape index (κ1) is 9.68. The van der Waals surface area contributed by atoms with Crippen molar-refractivity contribution in [2.45, 2.75) is 12.3 Å². The number of halogens is 2. The van der Waals surface area contributed by atoms with Gasteiger partial charge in [0.1, 0.15) is 0 Å². The van der Waals surface area contributed by atoms with Gasteiger partial charge in [0.25, 0.3) is 0 Å². The summed E-state index contributed by atoms with van der Waals surface area (Å²) in [6.07, 6.45) is -2.27. The maximum Gasteiger partial charge on any atom is 0.152 e. The Morgan fingerprint density at radius 1 is 1.33 bits per heavy atom. The maximum atomic E-state index is 13.2. The fourth-order valence-corrected chi connectivity index (χ4v) is 1.27. The Kier molecular flexibility index (Phi) is 3.69. The van der Waals surface area contributed by atoms with Crippen LogP contribution in [0.1, 0.15) is 11.7 Å². The van der Waals surface area contributed by atoms with E-state index in [1.165, 1.54) is 0 Å². The summed E-state index contributed by atoms with van der Waals surface area (Å²) in [5.41, 5.74) is 0.518. The molecule has 12 heavy (non-hydrogen) atoms. The number of hydrogen-bond donors (Lipinski definition) is 1. The van der Waals surface area contributed by atoms with Gasteiger partial charge in [0.15, 0.2) is 6.17 Å². The van der Waals surface area contributed by atoms with E-state index in [-0.39, 0.29) is 5.33 Å². The molecule has 1 rings (SSSR count). The van der Waals surface area contributed by atoms with E-state index >= 15 is 0 Å². The van der Waals surface area contributed by atoms with Crippen molar-refractivity contribution in [2.24, 2.45) is 0 Å². The molecule has 0 aliphatic rings. The molecule has 0 fully saturated rings. The Labute approximate surface area is 79.4 Å². The van der Waals surface area contributed by atoms with E-state index in [4.69, 9.17) is 5.11 Å². The lowest BCUT2D eigenvalue weighted by Crippen LogP contribution is -2.15. The molecule has 1 aromatic rings. The summed E-state index contributed by atoms with van der Waals surface area (Å²) >= 11 is 3.02. The highest BCUT2D eigenvalue weighted by Crippen LogP contribution is 2.21. The lowest BCUT2D eigenvalue weighted by atomic mass is 10.1. The second-order valence-electron chi connectivity index (χ2n) is 2.53. The van der Waals surface area contributed by atoms with Crippen molar-refractivity contribution >= 4 is 15.9 Å². The van der Waals surface area contributed by atoms with Gasteiger partial charge in [0.05, 0.1) is 6.10 Å². The van der Waals surface area contributed by atoms with Gasteiger partial charge in [-0.3, -0.25) is 0 Å². The molecule has 0 aliphatic carbocycles. The summed E-state index contributed by atoms with van der Waals surface area (Å²) in [6, 6.07) is 8.65. The van der Waals surface area contributed by atoms with Crippen molar-refractivity contribution in [3.05, 3.63) is 35.9 Å². The smallest absolute Gasteiger partial charge is 0.152 e. The number of hydrogen-bond acceptors (Lipinski definition) is 1. The molecule has 1 aromatic carbocycles. The van der Waals surface area contributed by atoms with Crippen LogP contribution in [0.4, 0.5) is 4.39 Å². The van der Waals surface area contributed by atoms with Crippen LogP contribution in [0.3, 0.4) is 0 Å². The SMILES string of the molecule is O[C@H](CBr)[C@H](F)c1ccccc1. The minimum absolute atomic E-state index is 0.253. The van der Waals surface area contributed by atoms with Gasteiger partial charge in [-0.25, -0.2) is 4.39 Å². The highest BCUT2D eigenvalue weighted by Gasteiger charge is 2.18. The fraction of sp³-hybridized carbons (Fsp3) is 0.333. The number of aliphatic hydroxyl groups excluding tert-OH is 1. The van der Waals surface area contributed by atoms with Crippen molar-refractivity contribution in [1.82, 2.24) is 0 Å². The summed E-state index contributed by atoms with van der Waals surface area (Å²) in [6.45, 7) is 0. The van der Waals surface area contributed by atoms with E-state index in [9.17, 15) is 4.39 Å². The normalized spacial score (nSPS) is 15.6. The van der Waals surface area contributed by atoms with E-state index in [2.05, 4.69) is 15.9 Å². The molecule has 0 heterocycles. The molecular formula is C9H10BrFO. The molecule has 3 heteroatoms. The van der Waals surface area contributed by atoms with Gasteiger partial charge in [0.2, 0.25) is 0 Å². The summed E-state index contributed by atoms with van der Waals surface area (Å²) in [5.74, 6) is 0. The van der Waals surface area contributed by atoms with E-state index in [1.807, 2.05) is 6.07 Å². The second kappa shape index (κ2) is 4.58. The molecule has 0 saturated heterocycles.